The van der Waals surface area contributed by atoms with E-state index in [1.54, 1.807) is 13.0 Å². The van der Waals surface area contributed by atoms with E-state index in [1.165, 1.54) is 17.7 Å². The van der Waals surface area contributed by atoms with E-state index in [0.29, 0.717) is 38.7 Å². The maximum Gasteiger partial charge on any atom is 0.373 e. The van der Waals surface area contributed by atoms with Gasteiger partial charge in [-0.3, -0.25) is 14.2 Å². The van der Waals surface area contributed by atoms with Crippen molar-refractivity contribution in [1.29, 1.82) is 0 Å². The van der Waals surface area contributed by atoms with Crippen LogP contribution in [0.1, 0.15) is 42.9 Å². The van der Waals surface area contributed by atoms with Gasteiger partial charge in [0.05, 0.1) is 23.9 Å². The number of benzene rings is 1. The molecule has 4 aromatic rings. The molecule has 0 unspecified atom stereocenters. The Kier molecular flexibility index (Phi) is 5.43. The van der Waals surface area contributed by atoms with Crippen LogP contribution >= 0.6 is 11.3 Å². The lowest BCUT2D eigenvalue weighted by atomic mass is 10.1. The normalized spacial score (nSPS) is 11.0. The van der Waals surface area contributed by atoms with Crippen molar-refractivity contribution >= 4 is 33.4 Å². The van der Waals surface area contributed by atoms with Crippen LogP contribution < -0.4 is 11.3 Å². The molecule has 0 fully saturated rings. The Balaban J connectivity index is 1.86. The Morgan fingerprint density at radius 2 is 1.94 bits per heavy atom. The zero-order valence-corrected chi connectivity index (χ0v) is 17.7. The lowest BCUT2D eigenvalue weighted by Crippen LogP contribution is -2.26. The van der Waals surface area contributed by atoms with Crippen LogP contribution in [0.2, 0.25) is 0 Å². The number of thiophene rings is 1. The molecule has 4 rings (SSSR count). The molecule has 0 aliphatic carbocycles. The first kappa shape index (κ1) is 20.5. The summed E-state index contributed by atoms with van der Waals surface area (Å²) in [5.41, 5.74) is 6.66. The van der Waals surface area contributed by atoms with Crippen molar-refractivity contribution in [2.75, 3.05) is 7.11 Å². The van der Waals surface area contributed by atoms with Gasteiger partial charge in [0.25, 0.3) is 11.5 Å². The second kappa shape index (κ2) is 8.19. The number of furan rings is 1. The highest BCUT2D eigenvalue weighted by atomic mass is 32.1. The third kappa shape index (κ3) is 3.87. The van der Waals surface area contributed by atoms with E-state index in [4.69, 9.17) is 10.2 Å². The molecule has 2 N–H and O–H groups in total. The number of carbonyl (C=O) groups excluding carboxylic acids is 2. The van der Waals surface area contributed by atoms with Crippen LogP contribution in [0.5, 0.6) is 0 Å². The van der Waals surface area contributed by atoms with Crippen molar-refractivity contribution in [1.82, 2.24) is 9.55 Å². The number of hydrogen-bond acceptors (Lipinski definition) is 7. The summed E-state index contributed by atoms with van der Waals surface area (Å²) in [5, 5.41) is 0.357. The molecule has 3 heterocycles. The van der Waals surface area contributed by atoms with Gasteiger partial charge in [-0.1, -0.05) is 30.3 Å². The van der Waals surface area contributed by atoms with Crippen LogP contribution in [-0.4, -0.2) is 28.5 Å². The third-order valence-electron chi connectivity index (χ3n) is 4.92. The SMILES string of the molecule is COC(=O)c1ccc(Cn2c(Cc3ccccc3)nc3sc(C(N)=O)c(C)c3c2=O)o1. The van der Waals surface area contributed by atoms with Crippen LogP contribution in [0.25, 0.3) is 10.2 Å². The molecule has 0 saturated heterocycles. The van der Waals surface area contributed by atoms with Crippen molar-refractivity contribution in [3.05, 3.63) is 86.2 Å². The largest absolute Gasteiger partial charge is 0.463 e. The molecule has 0 bridgehead atoms. The number of carbonyl (C=O) groups is 2. The standard InChI is InChI=1S/C22H19N3O5S/c1-12-17-20(31-18(12)19(23)26)24-16(10-13-6-4-3-5-7-13)25(21(17)27)11-14-8-9-15(30-14)22(28)29-2/h3-9H,10-11H2,1-2H3,(H2,23,26). The number of aromatic nitrogens is 2. The molecule has 0 spiro atoms. The van der Waals surface area contributed by atoms with E-state index < -0.39 is 11.9 Å². The van der Waals surface area contributed by atoms with E-state index in [0.717, 1.165) is 16.9 Å². The lowest BCUT2D eigenvalue weighted by molar-refractivity contribution is 0.0562. The average Bonchev–Trinajstić information content (AvgIpc) is 3.35. The number of amides is 1. The third-order valence-corrected chi connectivity index (χ3v) is 6.12. The molecule has 9 heteroatoms. The summed E-state index contributed by atoms with van der Waals surface area (Å²) in [7, 11) is 1.26. The van der Waals surface area contributed by atoms with Crippen LogP contribution in [0.3, 0.4) is 0 Å². The maximum atomic E-state index is 13.4. The maximum absolute atomic E-state index is 13.4. The van der Waals surface area contributed by atoms with E-state index in [9.17, 15) is 14.4 Å². The molecule has 0 atom stereocenters. The number of esters is 1. The molecule has 158 valence electrons. The topological polar surface area (TPSA) is 117 Å². The molecule has 0 radical (unpaired) electrons. The second-order valence-electron chi connectivity index (χ2n) is 6.94. The highest BCUT2D eigenvalue weighted by Gasteiger charge is 2.21. The Morgan fingerprint density at radius 1 is 1.19 bits per heavy atom. The summed E-state index contributed by atoms with van der Waals surface area (Å²) >= 11 is 1.11. The number of aryl methyl sites for hydroxylation is 1. The van der Waals surface area contributed by atoms with Crippen LogP contribution in [0, 0.1) is 6.92 Å². The predicted molar refractivity (Wildman–Crippen MR) is 116 cm³/mol. The minimum Gasteiger partial charge on any atom is -0.463 e. The Labute approximate surface area is 180 Å². The van der Waals surface area contributed by atoms with Crippen molar-refractivity contribution in [2.45, 2.75) is 19.9 Å². The monoisotopic (exact) mass is 437 g/mol. The predicted octanol–water partition coefficient (Wildman–Crippen LogP) is 2.88. The molecule has 0 aliphatic heterocycles. The Morgan fingerprint density at radius 3 is 2.61 bits per heavy atom. The quantitative estimate of drug-likeness (QED) is 0.464. The summed E-state index contributed by atoms with van der Waals surface area (Å²) in [4.78, 5) is 42.4. The van der Waals surface area contributed by atoms with Crippen molar-refractivity contribution in [2.24, 2.45) is 5.73 Å². The fourth-order valence-electron chi connectivity index (χ4n) is 3.40. The van der Waals surface area contributed by atoms with Gasteiger partial charge in [0, 0.05) is 6.42 Å². The number of primary amides is 1. The van der Waals surface area contributed by atoms with E-state index in [2.05, 4.69) is 9.72 Å². The average molecular weight is 437 g/mol. The minimum absolute atomic E-state index is 0.0481. The van der Waals surface area contributed by atoms with Crippen LogP contribution in [-0.2, 0) is 17.7 Å². The minimum atomic E-state index is -0.600. The number of nitrogens with zero attached hydrogens (tertiary/aromatic N) is 2. The smallest absolute Gasteiger partial charge is 0.373 e. The van der Waals surface area contributed by atoms with Crippen molar-refractivity contribution < 1.29 is 18.7 Å². The molecular formula is C22H19N3O5S. The Bertz CT molecular complexity index is 1350. The number of rotatable bonds is 6. The summed E-state index contributed by atoms with van der Waals surface area (Å²) in [6.07, 6.45) is 0.402. The molecule has 8 nitrogen and oxygen atoms in total. The fourth-order valence-corrected chi connectivity index (χ4v) is 4.44. The van der Waals surface area contributed by atoms with Gasteiger partial charge in [0.1, 0.15) is 16.4 Å². The molecule has 1 aromatic carbocycles. The molecule has 3 aromatic heterocycles. The van der Waals surface area contributed by atoms with E-state index in [1.807, 2.05) is 30.3 Å². The first-order chi connectivity index (χ1) is 14.9. The van der Waals surface area contributed by atoms with Crippen LogP contribution in [0.4, 0.5) is 0 Å². The van der Waals surface area contributed by atoms with Gasteiger partial charge in [-0.25, -0.2) is 9.78 Å². The molecule has 31 heavy (non-hydrogen) atoms. The molecule has 1 amide bonds. The van der Waals surface area contributed by atoms with E-state index >= 15 is 0 Å². The summed E-state index contributed by atoms with van der Waals surface area (Å²) in [6.45, 7) is 1.76. The van der Waals surface area contributed by atoms with Gasteiger partial charge in [-0.2, -0.15) is 0 Å². The van der Waals surface area contributed by atoms with E-state index in [-0.39, 0.29) is 17.9 Å². The second-order valence-corrected chi connectivity index (χ2v) is 7.94. The fraction of sp³-hybridized carbons (Fsp3) is 0.182. The summed E-state index contributed by atoms with van der Waals surface area (Å²) in [5.74, 6) is -0.230. The van der Waals surface area contributed by atoms with Gasteiger partial charge in [0.15, 0.2) is 0 Å². The number of ether oxygens (including phenoxy) is 1. The molecular weight excluding hydrogens is 418 g/mol. The number of methoxy groups -OCH3 is 1. The number of hydrogen-bond donors (Lipinski definition) is 1. The molecule has 0 saturated carbocycles. The van der Waals surface area contributed by atoms with Gasteiger partial charge in [-0.05, 0) is 30.2 Å². The highest BCUT2D eigenvalue weighted by Crippen LogP contribution is 2.27. The first-order valence-electron chi connectivity index (χ1n) is 9.42. The van der Waals surface area contributed by atoms with Gasteiger partial charge >= 0.3 is 5.97 Å². The van der Waals surface area contributed by atoms with Gasteiger partial charge in [-0.15, -0.1) is 11.3 Å². The number of fused-ring (bicyclic) bond motifs is 1. The highest BCUT2D eigenvalue weighted by molar-refractivity contribution is 7.20. The number of nitrogens with two attached hydrogens (primary N) is 1. The lowest BCUT2D eigenvalue weighted by Gasteiger charge is -2.12. The zero-order chi connectivity index (χ0) is 22.1. The van der Waals surface area contributed by atoms with Crippen molar-refractivity contribution in [3.63, 3.8) is 0 Å². The zero-order valence-electron chi connectivity index (χ0n) is 16.9. The Hall–Kier alpha value is -3.72. The van der Waals surface area contributed by atoms with Gasteiger partial charge in [0.2, 0.25) is 5.76 Å². The van der Waals surface area contributed by atoms with Crippen LogP contribution in [0.15, 0.2) is 51.7 Å². The van der Waals surface area contributed by atoms with Gasteiger partial charge < -0.3 is 14.9 Å². The first-order valence-corrected chi connectivity index (χ1v) is 10.2. The summed E-state index contributed by atoms with van der Waals surface area (Å²) < 4.78 is 11.7. The van der Waals surface area contributed by atoms with Crippen molar-refractivity contribution in [3.8, 4) is 0 Å². The molecule has 0 aliphatic rings. The summed E-state index contributed by atoms with van der Waals surface area (Å²) in [6, 6.07) is 12.7.